The third kappa shape index (κ3) is 8.17. The molecular weight excluding hydrogens is 601 g/mol. The minimum absolute atomic E-state index is 0.206. The number of unbranched alkanes of at least 4 members (excludes halogenated alkanes) is 2. The summed E-state index contributed by atoms with van der Waals surface area (Å²) in [4.78, 5) is 4.90. The summed E-state index contributed by atoms with van der Waals surface area (Å²) in [6.07, 6.45) is 6.55. The van der Waals surface area contributed by atoms with Crippen molar-refractivity contribution >= 4 is 23.2 Å². The van der Waals surface area contributed by atoms with E-state index in [0.29, 0.717) is 0 Å². The van der Waals surface area contributed by atoms with E-state index in [1.165, 1.54) is 19.3 Å². The summed E-state index contributed by atoms with van der Waals surface area (Å²) < 4.78 is 0. The van der Waals surface area contributed by atoms with Crippen LogP contribution in [-0.4, -0.2) is 17.4 Å². The van der Waals surface area contributed by atoms with Gasteiger partial charge in [-0.3, -0.25) is 4.99 Å². The van der Waals surface area contributed by atoms with Gasteiger partial charge in [0.25, 0.3) is 0 Å². The molecule has 39 heavy (non-hydrogen) atoms. The molecule has 0 spiro atoms. The van der Waals surface area contributed by atoms with Crippen LogP contribution < -0.4 is 0 Å². The Balaban J connectivity index is 0.00000134. The normalized spacial score (nSPS) is 12.0. The Hall–Kier alpha value is -2.19. The fourth-order valence-corrected chi connectivity index (χ4v) is 5.00. The van der Waals surface area contributed by atoms with E-state index in [-0.39, 0.29) is 11.8 Å². The summed E-state index contributed by atoms with van der Waals surface area (Å²) in [6.45, 7) is 6.58. The van der Waals surface area contributed by atoms with Gasteiger partial charge in [0.05, 0.1) is 0 Å². The van der Waals surface area contributed by atoms with E-state index in [9.17, 15) is 5.11 Å². The van der Waals surface area contributed by atoms with Crippen LogP contribution in [-0.2, 0) is 26.3 Å². The molecule has 0 radical (unpaired) electrons. The van der Waals surface area contributed by atoms with Gasteiger partial charge >= 0.3 is 37.9 Å². The van der Waals surface area contributed by atoms with Crippen LogP contribution in [0.15, 0.2) is 108 Å². The summed E-state index contributed by atoms with van der Waals surface area (Å²) in [5.74, 6) is 0.288. The van der Waals surface area contributed by atoms with Crippen molar-refractivity contribution in [3.8, 4) is 16.9 Å². The first-order chi connectivity index (χ1) is 19.0. The Morgan fingerprint density at radius 2 is 1.33 bits per heavy atom. The third-order valence-corrected chi connectivity index (χ3v) is 7.23. The molecule has 0 aromatic heterocycles. The van der Waals surface area contributed by atoms with Crippen molar-refractivity contribution in [1.29, 1.82) is 0 Å². The summed E-state index contributed by atoms with van der Waals surface area (Å²) in [5.41, 5.74) is 5.45. The van der Waals surface area contributed by atoms with Crippen LogP contribution >= 0.6 is 17.0 Å². The molecule has 5 heteroatoms. The molecule has 2 nitrogen and oxygen atoms in total. The van der Waals surface area contributed by atoms with Crippen LogP contribution in [0, 0.1) is 0 Å². The molecule has 0 saturated heterocycles. The molecule has 4 aromatic rings. The van der Waals surface area contributed by atoms with Gasteiger partial charge in [0.15, 0.2) is 0 Å². The third-order valence-electron chi connectivity index (χ3n) is 7.23. The molecule has 4 aromatic carbocycles. The van der Waals surface area contributed by atoms with E-state index in [2.05, 4.69) is 93.6 Å². The molecule has 0 aliphatic carbocycles. The number of halogens is 2. The van der Waals surface area contributed by atoms with Crippen LogP contribution in [0.5, 0.6) is 5.75 Å². The van der Waals surface area contributed by atoms with Crippen molar-refractivity contribution in [2.24, 2.45) is 4.99 Å². The predicted molar refractivity (Wildman–Crippen MR) is 165 cm³/mol. The maximum absolute atomic E-state index is 11.9. The van der Waals surface area contributed by atoms with Gasteiger partial charge in [-0.2, -0.15) is 0 Å². The number of aliphatic imine (C=N–C) groups is 1. The molecular formula is C34H37Cl2NOZr. The van der Waals surface area contributed by atoms with E-state index in [0.717, 1.165) is 39.8 Å². The Labute approximate surface area is 252 Å². The van der Waals surface area contributed by atoms with Gasteiger partial charge in [0, 0.05) is 28.8 Å². The zero-order valence-corrected chi connectivity index (χ0v) is 26.9. The average molecular weight is 638 g/mol. The van der Waals surface area contributed by atoms with Crippen molar-refractivity contribution in [3.05, 3.63) is 125 Å². The second kappa shape index (κ2) is 16.2. The number of hydrogen-bond donors (Lipinski definition) is 1. The van der Waals surface area contributed by atoms with Gasteiger partial charge in [-0.05, 0) is 42.5 Å². The van der Waals surface area contributed by atoms with Gasteiger partial charge in [-0.15, -0.1) is 0 Å². The maximum atomic E-state index is 11.9. The van der Waals surface area contributed by atoms with E-state index in [1.54, 1.807) is 0 Å². The standard InChI is InChI=1S/C34H37NO.2ClH.Zr/c1-4-5-9-16-26(2)35-25-31-30(27-17-10-6-11-18-27)23-24-32(33(31)36)34(3,28-19-12-7-13-20-28)29-21-14-8-15-22-29;;;/h6-8,10-15,17-26,36H,4-5,9,16H2,1-3H3;2*1H;/q;;;+2/p-2. The fraction of sp³-hybridized carbons (Fsp3) is 0.265. The summed E-state index contributed by atoms with van der Waals surface area (Å²) >= 11 is -0.826. The van der Waals surface area contributed by atoms with Crippen molar-refractivity contribution in [2.45, 2.75) is 57.9 Å². The topological polar surface area (TPSA) is 32.6 Å². The number of benzene rings is 4. The minimum atomic E-state index is -0.826. The van der Waals surface area contributed by atoms with Crippen molar-refractivity contribution in [3.63, 3.8) is 0 Å². The van der Waals surface area contributed by atoms with Gasteiger partial charge in [0.2, 0.25) is 0 Å². The monoisotopic (exact) mass is 635 g/mol. The second-order valence-corrected chi connectivity index (χ2v) is 13.6. The van der Waals surface area contributed by atoms with Gasteiger partial charge in [-0.1, -0.05) is 129 Å². The number of nitrogens with zero attached hydrogens (tertiary/aromatic N) is 1. The molecule has 0 bridgehead atoms. The van der Waals surface area contributed by atoms with Gasteiger partial charge in [0.1, 0.15) is 5.75 Å². The van der Waals surface area contributed by atoms with Gasteiger partial charge in [-0.25, -0.2) is 0 Å². The SMILES string of the molecule is CCCCCC(C)N=Cc1c(-c2ccccc2)ccc(C(C)(c2ccccc2)c2ccccc2)c1O.[Cl][Zr][Cl]. The molecule has 0 heterocycles. The summed E-state index contributed by atoms with van der Waals surface area (Å²) in [6, 6.07) is 35.6. The van der Waals surface area contributed by atoms with Crippen molar-refractivity contribution in [2.75, 3.05) is 0 Å². The number of aromatic hydroxyl groups is 1. The summed E-state index contributed by atoms with van der Waals surface area (Å²) in [5, 5.41) is 11.9. The Morgan fingerprint density at radius 1 is 0.821 bits per heavy atom. The first kappa shape index (κ1) is 31.3. The Bertz CT molecular complexity index is 1260. The van der Waals surface area contributed by atoms with E-state index in [4.69, 9.17) is 22.0 Å². The van der Waals surface area contributed by atoms with Crippen LogP contribution in [0.4, 0.5) is 0 Å². The van der Waals surface area contributed by atoms with Crippen LogP contribution in [0.2, 0.25) is 0 Å². The molecule has 1 atom stereocenters. The van der Waals surface area contributed by atoms with Crippen LogP contribution in [0.1, 0.15) is 68.7 Å². The van der Waals surface area contributed by atoms with E-state index in [1.807, 2.05) is 36.5 Å². The quantitative estimate of drug-likeness (QED) is 0.105. The van der Waals surface area contributed by atoms with E-state index < -0.39 is 26.3 Å². The zero-order valence-electron chi connectivity index (χ0n) is 22.9. The second-order valence-electron chi connectivity index (χ2n) is 9.84. The molecule has 0 amide bonds. The molecule has 202 valence electrons. The molecule has 0 fully saturated rings. The Morgan fingerprint density at radius 3 is 1.85 bits per heavy atom. The van der Waals surface area contributed by atoms with Crippen LogP contribution in [0.25, 0.3) is 11.1 Å². The number of phenols is 1. The fourth-order valence-electron chi connectivity index (χ4n) is 5.00. The predicted octanol–water partition coefficient (Wildman–Crippen LogP) is 10.2. The molecule has 1 N–H and O–H groups in total. The number of hydrogen-bond acceptors (Lipinski definition) is 2. The van der Waals surface area contributed by atoms with Crippen LogP contribution in [0.3, 0.4) is 0 Å². The molecule has 0 saturated carbocycles. The van der Waals surface area contributed by atoms with Crippen molar-refractivity contribution in [1.82, 2.24) is 0 Å². The summed E-state index contributed by atoms with van der Waals surface area (Å²) in [7, 11) is 9.87. The Kier molecular flexibility index (Phi) is 13.0. The molecule has 0 aliphatic heterocycles. The average Bonchev–Trinajstić information content (AvgIpc) is 2.98. The first-order valence-corrected chi connectivity index (χ1v) is 19.8. The number of rotatable bonds is 10. The van der Waals surface area contributed by atoms with Gasteiger partial charge < -0.3 is 5.11 Å². The van der Waals surface area contributed by atoms with Crippen molar-refractivity contribution < 1.29 is 26.0 Å². The molecule has 1 unspecified atom stereocenters. The molecule has 4 rings (SSSR count). The van der Waals surface area contributed by atoms with E-state index >= 15 is 0 Å². The number of phenolic OH excluding ortho intramolecular Hbond substituents is 1. The zero-order chi connectivity index (χ0) is 28.1. The first-order valence-electron chi connectivity index (χ1n) is 13.5. The molecule has 0 aliphatic rings.